The lowest BCUT2D eigenvalue weighted by molar-refractivity contribution is -0.137. The average molecular weight is 477 g/mol. The van der Waals surface area contributed by atoms with E-state index in [0.29, 0.717) is 16.4 Å². The Balaban J connectivity index is 1.20. The lowest BCUT2D eigenvalue weighted by Gasteiger charge is -2.25. The summed E-state index contributed by atoms with van der Waals surface area (Å²) in [6, 6.07) is 18.2. The second-order valence-electron chi connectivity index (χ2n) is 7.52. The van der Waals surface area contributed by atoms with Gasteiger partial charge in [0, 0.05) is 5.39 Å². The molecule has 2 amide bonds. The van der Waals surface area contributed by atoms with Crippen molar-refractivity contribution in [2.75, 3.05) is 13.2 Å². The van der Waals surface area contributed by atoms with E-state index in [1.54, 1.807) is 35.0 Å². The van der Waals surface area contributed by atoms with Crippen LogP contribution in [0.5, 0.6) is 11.5 Å². The van der Waals surface area contributed by atoms with Gasteiger partial charge in [-0.2, -0.15) is 5.10 Å². The summed E-state index contributed by atoms with van der Waals surface area (Å²) in [4.78, 5) is 38.2. The predicted molar refractivity (Wildman–Crippen MR) is 123 cm³/mol. The van der Waals surface area contributed by atoms with Gasteiger partial charge in [-0.1, -0.05) is 30.3 Å². The van der Waals surface area contributed by atoms with Crippen LogP contribution in [-0.2, 0) is 14.3 Å². The smallest absolute Gasteiger partial charge is 0.348 e. The lowest BCUT2D eigenvalue weighted by Crippen LogP contribution is -2.47. The van der Waals surface area contributed by atoms with Gasteiger partial charge in [-0.25, -0.2) is 9.48 Å². The number of amides is 2. The van der Waals surface area contributed by atoms with Gasteiger partial charge in [0.1, 0.15) is 16.3 Å². The molecule has 1 atom stereocenters. The zero-order valence-electron chi connectivity index (χ0n) is 18.0. The summed E-state index contributed by atoms with van der Waals surface area (Å²) in [6.45, 7) is 1.22. The molecule has 5 rings (SSSR count). The van der Waals surface area contributed by atoms with Crippen LogP contribution < -0.4 is 14.8 Å². The minimum absolute atomic E-state index is 0.0323. The molecule has 4 aromatic rings. The standard InChI is InChI=1S/C24H19N3O6S/c1-14-16-11-20(34-23(16)27(26-14)15-7-3-2-4-8-15)24(30)32-13-21(28)25-22(29)19-12-31-17-9-5-6-10-18(17)33-19/h2-11,19H,12-13H2,1H3,(H,25,28,29). The zero-order valence-corrected chi connectivity index (χ0v) is 18.8. The first kappa shape index (κ1) is 21.7. The summed E-state index contributed by atoms with van der Waals surface area (Å²) in [5.74, 6) is -1.14. The van der Waals surface area contributed by atoms with E-state index in [0.717, 1.165) is 21.6 Å². The third-order valence-electron chi connectivity index (χ3n) is 5.14. The van der Waals surface area contributed by atoms with E-state index in [9.17, 15) is 14.4 Å². The third kappa shape index (κ3) is 4.23. The summed E-state index contributed by atoms with van der Waals surface area (Å²) in [7, 11) is 0. The van der Waals surface area contributed by atoms with Gasteiger partial charge in [-0.05, 0) is 37.3 Å². The van der Waals surface area contributed by atoms with Gasteiger partial charge in [0.25, 0.3) is 11.8 Å². The Kier molecular flexibility index (Phi) is 5.72. The fourth-order valence-electron chi connectivity index (χ4n) is 3.50. The molecular formula is C24H19N3O6S. The van der Waals surface area contributed by atoms with Crippen molar-refractivity contribution in [3.63, 3.8) is 0 Å². The van der Waals surface area contributed by atoms with E-state index >= 15 is 0 Å². The molecule has 0 saturated heterocycles. The number of aryl methyl sites for hydroxylation is 1. The number of benzene rings is 2. The van der Waals surface area contributed by atoms with E-state index in [4.69, 9.17) is 14.2 Å². The SMILES string of the molecule is Cc1nn(-c2ccccc2)c2sc(C(=O)OCC(=O)NC(=O)C3COc4ccccc4O3)cc12. The van der Waals surface area contributed by atoms with E-state index in [2.05, 4.69) is 10.4 Å². The molecule has 34 heavy (non-hydrogen) atoms. The summed E-state index contributed by atoms with van der Waals surface area (Å²) < 4.78 is 17.9. The Morgan fingerprint density at radius 3 is 2.65 bits per heavy atom. The fraction of sp³-hybridized carbons (Fsp3) is 0.167. The molecule has 0 radical (unpaired) electrons. The molecule has 3 heterocycles. The summed E-state index contributed by atoms with van der Waals surface area (Å²) >= 11 is 1.22. The number of imide groups is 1. The average Bonchev–Trinajstić information content (AvgIpc) is 3.43. The Morgan fingerprint density at radius 2 is 1.85 bits per heavy atom. The molecule has 1 aliphatic rings. The molecule has 1 aliphatic heterocycles. The topological polar surface area (TPSA) is 109 Å². The van der Waals surface area contributed by atoms with Crippen molar-refractivity contribution in [3.05, 3.63) is 71.2 Å². The van der Waals surface area contributed by atoms with Crippen LogP contribution in [0.25, 0.3) is 15.9 Å². The van der Waals surface area contributed by atoms with Crippen LogP contribution >= 0.6 is 11.3 Å². The van der Waals surface area contributed by atoms with Crippen molar-refractivity contribution in [1.82, 2.24) is 15.1 Å². The molecule has 9 nitrogen and oxygen atoms in total. The predicted octanol–water partition coefficient (Wildman–Crippen LogP) is 3.04. The molecule has 0 bridgehead atoms. The van der Waals surface area contributed by atoms with Crippen molar-refractivity contribution in [3.8, 4) is 17.2 Å². The highest BCUT2D eigenvalue weighted by Gasteiger charge is 2.29. The van der Waals surface area contributed by atoms with Crippen LogP contribution in [0.3, 0.4) is 0 Å². The Hall–Kier alpha value is -4.18. The van der Waals surface area contributed by atoms with E-state index in [1.807, 2.05) is 37.3 Å². The second-order valence-corrected chi connectivity index (χ2v) is 8.55. The number of hydrogen-bond acceptors (Lipinski definition) is 8. The number of fused-ring (bicyclic) bond motifs is 2. The summed E-state index contributed by atoms with van der Waals surface area (Å²) in [5.41, 5.74) is 1.64. The highest BCUT2D eigenvalue weighted by atomic mass is 32.1. The molecule has 172 valence electrons. The number of hydrogen-bond donors (Lipinski definition) is 1. The van der Waals surface area contributed by atoms with Crippen LogP contribution in [-0.4, -0.2) is 46.9 Å². The molecule has 10 heteroatoms. The molecule has 0 aliphatic carbocycles. The second kappa shape index (κ2) is 8.99. The lowest BCUT2D eigenvalue weighted by atomic mass is 10.2. The molecule has 2 aromatic heterocycles. The highest BCUT2D eigenvalue weighted by Crippen LogP contribution is 2.32. The molecule has 1 N–H and O–H groups in total. The van der Waals surface area contributed by atoms with E-state index in [-0.39, 0.29) is 6.61 Å². The van der Waals surface area contributed by atoms with Gasteiger partial charge in [0.15, 0.2) is 18.1 Å². The number of esters is 1. The maximum Gasteiger partial charge on any atom is 0.348 e. The Labute approximate surface area is 197 Å². The first-order valence-corrected chi connectivity index (χ1v) is 11.2. The summed E-state index contributed by atoms with van der Waals surface area (Å²) in [6.07, 6.45) is -0.985. The highest BCUT2D eigenvalue weighted by molar-refractivity contribution is 7.20. The largest absolute Gasteiger partial charge is 0.485 e. The molecule has 1 unspecified atom stereocenters. The van der Waals surface area contributed by atoms with Crippen LogP contribution in [0.4, 0.5) is 0 Å². The van der Waals surface area contributed by atoms with Gasteiger partial charge in [0.2, 0.25) is 6.10 Å². The maximum absolute atomic E-state index is 12.5. The number of thiophene rings is 1. The Bertz CT molecular complexity index is 1390. The quantitative estimate of drug-likeness (QED) is 0.440. The first-order chi connectivity index (χ1) is 16.5. The number of rotatable bonds is 5. The third-order valence-corrected chi connectivity index (χ3v) is 6.24. The van der Waals surface area contributed by atoms with Crippen molar-refractivity contribution < 1.29 is 28.6 Å². The molecule has 0 fully saturated rings. The molecule has 0 spiro atoms. The first-order valence-electron chi connectivity index (χ1n) is 10.4. The van der Waals surface area contributed by atoms with Gasteiger partial charge >= 0.3 is 5.97 Å². The number of nitrogens with zero attached hydrogens (tertiary/aromatic N) is 2. The van der Waals surface area contributed by atoms with Crippen molar-refractivity contribution >= 4 is 39.3 Å². The summed E-state index contributed by atoms with van der Waals surface area (Å²) in [5, 5.41) is 7.54. The van der Waals surface area contributed by atoms with Crippen molar-refractivity contribution in [2.45, 2.75) is 13.0 Å². The van der Waals surface area contributed by atoms with E-state index < -0.39 is 30.5 Å². The molecule has 2 aromatic carbocycles. The van der Waals surface area contributed by atoms with Gasteiger partial charge in [0.05, 0.1) is 11.4 Å². The fourth-order valence-corrected chi connectivity index (χ4v) is 4.57. The molecular weight excluding hydrogens is 458 g/mol. The van der Waals surface area contributed by atoms with Crippen molar-refractivity contribution in [1.29, 1.82) is 0 Å². The normalized spacial score (nSPS) is 14.6. The number of aromatic nitrogens is 2. The minimum atomic E-state index is -0.985. The minimum Gasteiger partial charge on any atom is -0.485 e. The van der Waals surface area contributed by atoms with Gasteiger partial charge < -0.3 is 14.2 Å². The van der Waals surface area contributed by atoms with Gasteiger partial charge in [-0.3, -0.25) is 14.9 Å². The number of carbonyl (C=O) groups is 3. The number of carbonyl (C=O) groups excluding carboxylic acids is 3. The monoisotopic (exact) mass is 477 g/mol. The van der Waals surface area contributed by atoms with E-state index in [1.165, 1.54) is 11.3 Å². The van der Waals surface area contributed by atoms with Gasteiger partial charge in [-0.15, -0.1) is 11.3 Å². The van der Waals surface area contributed by atoms with Crippen LogP contribution in [0.1, 0.15) is 15.4 Å². The van der Waals surface area contributed by atoms with Crippen LogP contribution in [0, 0.1) is 6.92 Å². The van der Waals surface area contributed by atoms with Crippen LogP contribution in [0.2, 0.25) is 0 Å². The zero-order chi connectivity index (χ0) is 23.7. The maximum atomic E-state index is 12.5. The number of ether oxygens (including phenoxy) is 3. The van der Waals surface area contributed by atoms with Crippen LogP contribution in [0.15, 0.2) is 60.7 Å². The Morgan fingerprint density at radius 1 is 1.12 bits per heavy atom. The number of para-hydroxylation sites is 3. The number of nitrogens with one attached hydrogen (secondary N) is 1. The molecule has 0 saturated carbocycles. The van der Waals surface area contributed by atoms with Crippen molar-refractivity contribution in [2.24, 2.45) is 0 Å².